The van der Waals surface area contributed by atoms with Gasteiger partial charge in [0.15, 0.2) is 0 Å². The summed E-state index contributed by atoms with van der Waals surface area (Å²) < 4.78 is 6.69. The maximum atomic E-state index is 11.9. The molecule has 1 amide bonds. The zero-order valence-corrected chi connectivity index (χ0v) is 12.1. The number of amides is 1. The van der Waals surface area contributed by atoms with Crippen LogP contribution in [-0.2, 0) is 4.74 Å². The molecular weight excluding hydrogens is 292 g/mol. The fourth-order valence-corrected chi connectivity index (χ4v) is 2.51. The number of rotatable bonds is 2. The van der Waals surface area contributed by atoms with E-state index in [1.54, 1.807) is 18.5 Å². The van der Waals surface area contributed by atoms with Gasteiger partial charge < -0.3 is 15.0 Å². The van der Waals surface area contributed by atoms with Gasteiger partial charge in [0.05, 0.1) is 23.9 Å². The summed E-state index contributed by atoms with van der Waals surface area (Å²) in [5.74, 6) is 0. The van der Waals surface area contributed by atoms with E-state index < -0.39 is 0 Å². The molecule has 1 aliphatic rings. The van der Waals surface area contributed by atoms with E-state index in [9.17, 15) is 4.79 Å². The van der Waals surface area contributed by atoms with Crippen molar-refractivity contribution in [1.29, 1.82) is 0 Å². The van der Waals surface area contributed by atoms with E-state index in [1.165, 1.54) is 10.9 Å². The van der Waals surface area contributed by atoms with Gasteiger partial charge in [-0.2, -0.15) is 0 Å². The lowest BCUT2D eigenvalue weighted by Crippen LogP contribution is -2.36. The minimum atomic E-state index is -0.275. The molecule has 0 radical (unpaired) electrons. The van der Waals surface area contributed by atoms with Crippen LogP contribution in [0.1, 0.15) is 0 Å². The smallest absolute Gasteiger partial charge is 0.331 e. The molecule has 21 heavy (non-hydrogen) atoms. The third kappa shape index (κ3) is 3.17. The number of hydrogen-bond acceptors (Lipinski definition) is 4. The van der Waals surface area contributed by atoms with Crippen LogP contribution in [0.2, 0.25) is 5.02 Å². The van der Waals surface area contributed by atoms with Gasteiger partial charge in [-0.3, -0.25) is 4.57 Å². The number of anilines is 2. The molecule has 3 rings (SSSR count). The van der Waals surface area contributed by atoms with Crippen molar-refractivity contribution in [3.63, 3.8) is 0 Å². The Kier molecular flexibility index (Phi) is 4.08. The maximum Gasteiger partial charge on any atom is 0.331 e. The number of morpholine rings is 1. The molecule has 1 aromatic heterocycles. The van der Waals surface area contributed by atoms with Gasteiger partial charge in [-0.05, 0) is 18.2 Å². The van der Waals surface area contributed by atoms with Crippen molar-refractivity contribution in [2.45, 2.75) is 0 Å². The van der Waals surface area contributed by atoms with Crippen molar-refractivity contribution in [3.8, 4) is 0 Å². The SMILES string of the molecule is O=C(Nc1ccc(N2CCOCC2)c(Cl)c1)n1ccnc1. The summed E-state index contributed by atoms with van der Waals surface area (Å²) in [5.41, 5.74) is 1.61. The Balaban J connectivity index is 1.73. The molecule has 110 valence electrons. The van der Waals surface area contributed by atoms with Crippen molar-refractivity contribution in [2.24, 2.45) is 0 Å². The van der Waals surface area contributed by atoms with Gasteiger partial charge in [0, 0.05) is 31.2 Å². The summed E-state index contributed by atoms with van der Waals surface area (Å²) in [5, 5.41) is 3.38. The normalized spacial score (nSPS) is 15.0. The molecule has 1 saturated heterocycles. The molecule has 0 unspecified atom stereocenters. The summed E-state index contributed by atoms with van der Waals surface area (Å²) in [6.07, 6.45) is 4.58. The predicted octanol–water partition coefficient (Wildman–Crippen LogP) is 2.45. The number of benzene rings is 1. The second kappa shape index (κ2) is 6.15. The van der Waals surface area contributed by atoms with Crippen molar-refractivity contribution in [2.75, 3.05) is 36.5 Å². The van der Waals surface area contributed by atoms with E-state index in [1.807, 2.05) is 12.1 Å². The monoisotopic (exact) mass is 306 g/mol. The van der Waals surface area contributed by atoms with Crippen LogP contribution in [0.25, 0.3) is 0 Å². The Morgan fingerprint density at radius 1 is 1.33 bits per heavy atom. The first kappa shape index (κ1) is 13.9. The highest BCUT2D eigenvalue weighted by Crippen LogP contribution is 2.29. The van der Waals surface area contributed by atoms with Gasteiger partial charge in [-0.15, -0.1) is 0 Å². The number of nitrogens with zero attached hydrogens (tertiary/aromatic N) is 3. The standard InChI is InChI=1S/C14H15ClN4O2/c15-12-9-11(17-14(20)19-4-3-16-10-19)1-2-13(12)18-5-7-21-8-6-18/h1-4,9-10H,5-8H2,(H,17,20). The lowest BCUT2D eigenvalue weighted by Gasteiger charge is -2.29. The largest absolute Gasteiger partial charge is 0.378 e. The highest BCUT2D eigenvalue weighted by molar-refractivity contribution is 6.33. The van der Waals surface area contributed by atoms with Gasteiger partial charge in [0.2, 0.25) is 0 Å². The van der Waals surface area contributed by atoms with Crippen LogP contribution in [0.5, 0.6) is 0 Å². The topological polar surface area (TPSA) is 59.4 Å². The number of imidazole rings is 1. The lowest BCUT2D eigenvalue weighted by atomic mass is 10.2. The lowest BCUT2D eigenvalue weighted by molar-refractivity contribution is 0.122. The van der Waals surface area contributed by atoms with Gasteiger partial charge >= 0.3 is 6.03 Å². The third-order valence-electron chi connectivity index (χ3n) is 3.29. The molecule has 1 fully saturated rings. The van der Waals surface area contributed by atoms with Gasteiger partial charge in [0.25, 0.3) is 0 Å². The molecule has 1 aliphatic heterocycles. The molecule has 2 heterocycles. The zero-order valence-electron chi connectivity index (χ0n) is 11.3. The minimum Gasteiger partial charge on any atom is -0.378 e. The van der Waals surface area contributed by atoms with E-state index >= 15 is 0 Å². The van der Waals surface area contributed by atoms with E-state index in [0.717, 1.165) is 18.8 Å². The molecule has 0 spiro atoms. The highest BCUT2D eigenvalue weighted by Gasteiger charge is 2.15. The second-order valence-electron chi connectivity index (χ2n) is 4.67. The first-order chi connectivity index (χ1) is 10.2. The van der Waals surface area contributed by atoms with Crippen LogP contribution < -0.4 is 10.2 Å². The Morgan fingerprint density at radius 2 is 2.14 bits per heavy atom. The molecular formula is C14H15ClN4O2. The van der Waals surface area contributed by atoms with Crippen LogP contribution in [0.15, 0.2) is 36.9 Å². The van der Waals surface area contributed by atoms with Crippen LogP contribution in [-0.4, -0.2) is 41.9 Å². The number of carbonyl (C=O) groups excluding carboxylic acids is 1. The quantitative estimate of drug-likeness (QED) is 0.926. The van der Waals surface area contributed by atoms with Crippen molar-refractivity contribution in [3.05, 3.63) is 41.9 Å². The molecule has 0 saturated carbocycles. The molecule has 6 nitrogen and oxygen atoms in total. The summed E-state index contributed by atoms with van der Waals surface area (Å²) in [4.78, 5) is 17.9. The molecule has 0 bridgehead atoms. The summed E-state index contributed by atoms with van der Waals surface area (Å²) in [7, 11) is 0. The summed E-state index contributed by atoms with van der Waals surface area (Å²) >= 11 is 6.32. The molecule has 0 aliphatic carbocycles. The Bertz CT molecular complexity index is 624. The van der Waals surface area contributed by atoms with E-state index in [4.69, 9.17) is 16.3 Å². The van der Waals surface area contributed by atoms with Crippen LogP contribution >= 0.6 is 11.6 Å². The second-order valence-corrected chi connectivity index (χ2v) is 5.07. The molecule has 1 N–H and O–H groups in total. The molecule has 0 atom stereocenters. The van der Waals surface area contributed by atoms with E-state index in [-0.39, 0.29) is 6.03 Å². The number of halogens is 1. The summed E-state index contributed by atoms with van der Waals surface area (Å²) in [6.45, 7) is 3.05. The van der Waals surface area contributed by atoms with Gasteiger partial charge in [-0.1, -0.05) is 11.6 Å². The average molecular weight is 307 g/mol. The number of carbonyl (C=O) groups is 1. The molecule has 1 aromatic carbocycles. The Hall–Kier alpha value is -2.05. The number of aromatic nitrogens is 2. The first-order valence-corrected chi connectivity index (χ1v) is 7.03. The van der Waals surface area contributed by atoms with Crippen LogP contribution in [0.3, 0.4) is 0 Å². The highest BCUT2D eigenvalue weighted by atomic mass is 35.5. The Labute approximate surface area is 127 Å². The van der Waals surface area contributed by atoms with Crippen molar-refractivity contribution in [1.82, 2.24) is 9.55 Å². The third-order valence-corrected chi connectivity index (χ3v) is 3.59. The average Bonchev–Trinajstić information content (AvgIpc) is 3.02. The number of nitrogens with one attached hydrogen (secondary N) is 1. The summed E-state index contributed by atoms with van der Waals surface area (Å²) in [6, 6.07) is 5.23. The van der Waals surface area contributed by atoms with Gasteiger partial charge in [-0.25, -0.2) is 9.78 Å². The van der Waals surface area contributed by atoms with E-state index in [0.29, 0.717) is 23.9 Å². The van der Waals surface area contributed by atoms with Gasteiger partial charge in [0.1, 0.15) is 6.33 Å². The first-order valence-electron chi connectivity index (χ1n) is 6.65. The van der Waals surface area contributed by atoms with E-state index in [2.05, 4.69) is 15.2 Å². The number of ether oxygens (including phenoxy) is 1. The molecule has 7 heteroatoms. The minimum absolute atomic E-state index is 0.275. The fraction of sp³-hybridized carbons (Fsp3) is 0.286. The predicted molar refractivity (Wildman–Crippen MR) is 81.1 cm³/mol. The van der Waals surface area contributed by atoms with Crippen molar-refractivity contribution >= 4 is 29.0 Å². The van der Waals surface area contributed by atoms with Crippen molar-refractivity contribution < 1.29 is 9.53 Å². The number of hydrogen-bond donors (Lipinski definition) is 1. The Morgan fingerprint density at radius 3 is 2.81 bits per heavy atom. The zero-order chi connectivity index (χ0) is 14.7. The van der Waals surface area contributed by atoms with Crippen LogP contribution in [0.4, 0.5) is 16.2 Å². The fourth-order valence-electron chi connectivity index (χ4n) is 2.21. The van der Waals surface area contributed by atoms with Crippen LogP contribution in [0, 0.1) is 0 Å². The maximum absolute atomic E-state index is 11.9. The molecule has 2 aromatic rings.